The highest BCUT2D eigenvalue weighted by atomic mass is 16.5. The summed E-state index contributed by atoms with van der Waals surface area (Å²) in [6, 6.07) is 17.9. The van der Waals surface area contributed by atoms with Crippen molar-refractivity contribution in [2.75, 3.05) is 14.2 Å². The average molecular weight is 310 g/mol. The molecule has 0 radical (unpaired) electrons. The summed E-state index contributed by atoms with van der Waals surface area (Å²) in [4.78, 5) is 5.74. The maximum absolute atomic E-state index is 5.37. The summed E-state index contributed by atoms with van der Waals surface area (Å²) in [5.41, 5.74) is 2.18. The van der Waals surface area contributed by atoms with Gasteiger partial charge in [0.1, 0.15) is 12.3 Å². The number of rotatable bonds is 6. The van der Waals surface area contributed by atoms with Gasteiger partial charge in [-0.25, -0.2) is 0 Å². The quantitative estimate of drug-likeness (QED) is 0.756. The Morgan fingerprint density at radius 3 is 2.65 bits per heavy atom. The fourth-order valence-corrected chi connectivity index (χ4v) is 2.48. The summed E-state index contributed by atoms with van der Waals surface area (Å²) in [7, 11) is 3.78. The average Bonchev–Trinajstić information content (AvgIpc) is 3.04. The third-order valence-electron chi connectivity index (χ3n) is 3.59. The Hall–Kier alpha value is -2.66. The van der Waals surface area contributed by atoms with Crippen LogP contribution in [0.1, 0.15) is 11.5 Å². The van der Waals surface area contributed by atoms with Gasteiger partial charge in [0.25, 0.3) is 5.89 Å². The zero-order chi connectivity index (χ0) is 16.1. The van der Waals surface area contributed by atoms with Gasteiger partial charge in [0.15, 0.2) is 6.54 Å². The van der Waals surface area contributed by atoms with Crippen LogP contribution in [0.25, 0.3) is 11.4 Å². The molecule has 0 amide bonds. The standard InChI is InChI=1S/C18H19N3O2/c1-21(12-14-7-6-10-16(11-14)22-2)13-17-19-18(20-23-17)15-8-4-3-5-9-15/h3-11H,12-13H2,1-2H3/p+1. The largest absolute Gasteiger partial charge is 0.497 e. The number of aromatic nitrogens is 2. The number of hydrogen-bond acceptors (Lipinski definition) is 4. The first kappa shape index (κ1) is 15.2. The third-order valence-corrected chi connectivity index (χ3v) is 3.59. The van der Waals surface area contributed by atoms with Gasteiger partial charge >= 0.3 is 0 Å². The van der Waals surface area contributed by atoms with Crippen molar-refractivity contribution in [2.45, 2.75) is 13.1 Å². The minimum absolute atomic E-state index is 0.634. The topological polar surface area (TPSA) is 52.6 Å². The molecule has 0 saturated carbocycles. The fourth-order valence-electron chi connectivity index (χ4n) is 2.48. The van der Waals surface area contributed by atoms with E-state index < -0.39 is 0 Å². The van der Waals surface area contributed by atoms with Crippen LogP contribution in [0.15, 0.2) is 59.1 Å². The minimum atomic E-state index is 0.634. The third kappa shape index (κ3) is 3.96. The highest BCUT2D eigenvalue weighted by molar-refractivity contribution is 5.53. The molecule has 2 aromatic carbocycles. The Labute approximate surface area is 135 Å². The van der Waals surface area contributed by atoms with E-state index in [9.17, 15) is 0 Å². The number of hydrogen-bond donors (Lipinski definition) is 1. The zero-order valence-electron chi connectivity index (χ0n) is 13.3. The monoisotopic (exact) mass is 310 g/mol. The Morgan fingerprint density at radius 2 is 1.87 bits per heavy atom. The van der Waals surface area contributed by atoms with Crippen LogP contribution in [0.5, 0.6) is 5.75 Å². The SMILES string of the molecule is COc1cccc(C[NH+](C)Cc2nc(-c3ccccc3)no2)c1. The van der Waals surface area contributed by atoms with Crippen molar-refractivity contribution >= 4 is 0 Å². The van der Waals surface area contributed by atoms with E-state index in [2.05, 4.69) is 23.3 Å². The molecule has 1 unspecified atom stereocenters. The van der Waals surface area contributed by atoms with Crippen molar-refractivity contribution in [3.8, 4) is 17.1 Å². The number of methoxy groups -OCH3 is 1. The summed E-state index contributed by atoms with van der Waals surface area (Å²) >= 11 is 0. The van der Waals surface area contributed by atoms with Crippen molar-refractivity contribution in [1.82, 2.24) is 10.1 Å². The van der Waals surface area contributed by atoms with Crippen molar-refractivity contribution in [3.05, 3.63) is 66.1 Å². The first-order valence-electron chi connectivity index (χ1n) is 7.57. The van der Waals surface area contributed by atoms with Crippen LogP contribution >= 0.6 is 0 Å². The molecule has 1 atom stereocenters. The van der Waals surface area contributed by atoms with Crippen molar-refractivity contribution in [2.24, 2.45) is 0 Å². The number of nitrogens with zero attached hydrogens (tertiary/aromatic N) is 2. The van der Waals surface area contributed by atoms with Gasteiger partial charge in [-0.3, -0.25) is 0 Å². The normalized spacial score (nSPS) is 12.1. The first-order valence-corrected chi connectivity index (χ1v) is 7.57. The number of benzene rings is 2. The molecule has 1 aromatic heterocycles. The maximum Gasteiger partial charge on any atom is 0.282 e. The lowest BCUT2D eigenvalue weighted by atomic mass is 10.2. The smallest absolute Gasteiger partial charge is 0.282 e. The van der Waals surface area contributed by atoms with E-state index in [1.165, 1.54) is 10.5 Å². The molecule has 3 aromatic rings. The van der Waals surface area contributed by atoms with E-state index in [-0.39, 0.29) is 0 Å². The van der Waals surface area contributed by atoms with Gasteiger partial charge in [-0.05, 0) is 12.1 Å². The molecular formula is C18H20N3O2+. The van der Waals surface area contributed by atoms with Crippen molar-refractivity contribution in [3.63, 3.8) is 0 Å². The molecule has 0 saturated heterocycles. The molecule has 23 heavy (non-hydrogen) atoms. The zero-order valence-corrected chi connectivity index (χ0v) is 13.3. The van der Waals surface area contributed by atoms with Crippen LogP contribution in [0.3, 0.4) is 0 Å². The Kier molecular flexibility index (Phi) is 4.68. The first-order chi connectivity index (χ1) is 11.2. The van der Waals surface area contributed by atoms with E-state index in [0.29, 0.717) is 18.3 Å². The summed E-state index contributed by atoms with van der Waals surface area (Å²) in [5, 5.41) is 4.05. The Morgan fingerprint density at radius 1 is 1.04 bits per heavy atom. The van der Waals surface area contributed by atoms with Crippen LogP contribution < -0.4 is 9.64 Å². The summed E-state index contributed by atoms with van der Waals surface area (Å²) < 4.78 is 10.6. The molecule has 118 valence electrons. The molecule has 0 aliphatic heterocycles. The number of ether oxygens (including phenoxy) is 1. The predicted molar refractivity (Wildman–Crippen MR) is 87.0 cm³/mol. The van der Waals surface area contributed by atoms with Crippen LogP contribution in [-0.4, -0.2) is 24.3 Å². The van der Waals surface area contributed by atoms with Crippen molar-refractivity contribution in [1.29, 1.82) is 0 Å². The van der Waals surface area contributed by atoms with Gasteiger partial charge < -0.3 is 14.2 Å². The molecule has 1 N–H and O–H groups in total. The summed E-state index contributed by atoms with van der Waals surface area (Å²) in [5.74, 6) is 2.15. The molecule has 0 fully saturated rings. The molecule has 5 nitrogen and oxygen atoms in total. The molecule has 5 heteroatoms. The van der Waals surface area contributed by atoms with E-state index in [0.717, 1.165) is 17.9 Å². The second-order valence-electron chi connectivity index (χ2n) is 5.54. The molecular weight excluding hydrogens is 290 g/mol. The van der Waals surface area contributed by atoms with Crippen LogP contribution in [-0.2, 0) is 13.1 Å². The van der Waals surface area contributed by atoms with Crippen molar-refractivity contribution < 1.29 is 14.2 Å². The van der Waals surface area contributed by atoms with Gasteiger partial charge in [-0.15, -0.1) is 0 Å². The highest BCUT2D eigenvalue weighted by Crippen LogP contribution is 2.14. The minimum Gasteiger partial charge on any atom is -0.497 e. The molecule has 0 aliphatic rings. The predicted octanol–water partition coefficient (Wildman–Crippen LogP) is 1.96. The Bertz CT molecular complexity index is 756. The fraction of sp³-hybridized carbons (Fsp3) is 0.222. The molecule has 3 rings (SSSR count). The lowest BCUT2D eigenvalue weighted by Gasteiger charge is -2.12. The maximum atomic E-state index is 5.37. The van der Waals surface area contributed by atoms with E-state index in [1.54, 1.807) is 7.11 Å². The van der Waals surface area contributed by atoms with E-state index in [1.807, 2.05) is 48.5 Å². The van der Waals surface area contributed by atoms with Gasteiger partial charge in [0.2, 0.25) is 5.82 Å². The van der Waals surface area contributed by atoms with E-state index in [4.69, 9.17) is 9.26 Å². The molecule has 0 spiro atoms. The van der Waals surface area contributed by atoms with E-state index >= 15 is 0 Å². The summed E-state index contributed by atoms with van der Waals surface area (Å²) in [6.07, 6.45) is 0. The van der Waals surface area contributed by atoms with Gasteiger partial charge in [-0.2, -0.15) is 4.98 Å². The molecule has 0 bridgehead atoms. The lowest BCUT2D eigenvalue weighted by molar-refractivity contribution is -0.909. The second-order valence-corrected chi connectivity index (χ2v) is 5.54. The molecule has 1 heterocycles. The second kappa shape index (κ2) is 7.07. The van der Waals surface area contributed by atoms with Gasteiger partial charge in [0, 0.05) is 11.1 Å². The van der Waals surface area contributed by atoms with Crippen LogP contribution in [0.2, 0.25) is 0 Å². The number of quaternary nitrogens is 1. The van der Waals surface area contributed by atoms with Gasteiger partial charge in [-0.1, -0.05) is 47.6 Å². The van der Waals surface area contributed by atoms with Crippen LogP contribution in [0, 0.1) is 0 Å². The molecule has 0 aliphatic carbocycles. The summed E-state index contributed by atoms with van der Waals surface area (Å²) in [6.45, 7) is 1.54. The van der Waals surface area contributed by atoms with Crippen LogP contribution in [0.4, 0.5) is 0 Å². The number of nitrogens with one attached hydrogen (secondary N) is 1. The lowest BCUT2D eigenvalue weighted by Crippen LogP contribution is -3.06. The Balaban J connectivity index is 1.64. The highest BCUT2D eigenvalue weighted by Gasteiger charge is 2.13. The van der Waals surface area contributed by atoms with Gasteiger partial charge in [0.05, 0.1) is 14.2 Å².